The van der Waals surface area contributed by atoms with Crippen LogP contribution in [0.15, 0.2) is 42.6 Å². The van der Waals surface area contributed by atoms with Gasteiger partial charge in [0.15, 0.2) is 0 Å². The summed E-state index contributed by atoms with van der Waals surface area (Å²) in [7, 11) is 1.93. The van der Waals surface area contributed by atoms with E-state index in [0.717, 1.165) is 16.9 Å². The van der Waals surface area contributed by atoms with E-state index in [9.17, 15) is 4.39 Å². The Labute approximate surface area is 106 Å². The Morgan fingerprint density at radius 2 is 2.00 bits per heavy atom. The van der Waals surface area contributed by atoms with Crippen LogP contribution in [0.5, 0.6) is 0 Å². The molecule has 0 fully saturated rings. The summed E-state index contributed by atoms with van der Waals surface area (Å²) in [6, 6.07) is 11.2. The summed E-state index contributed by atoms with van der Waals surface area (Å²) in [6.07, 6.45) is 1.22. The lowest BCUT2D eigenvalue weighted by molar-refractivity contribution is 0.621. The number of aromatic nitrogens is 1. The zero-order valence-corrected chi connectivity index (χ0v) is 10.3. The Hall–Kier alpha value is -1.94. The summed E-state index contributed by atoms with van der Waals surface area (Å²) in [5.41, 5.74) is 7.87. The van der Waals surface area contributed by atoms with Gasteiger partial charge < -0.3 is 10.6 Å². The van der Waals surface area contributed by atoms with Gasteiger partial charge in [-0.25, -0.2) is 9.37 Å². The van der Waals surface area contributed by atoms with Crippen LogP contribution in [0.4, 0.5) is 10.2 Å². The van der Waals surface area contributed by atoms with E-state index in [0.29, 0.717) is 13.1 Å². The third-order valence-electron chi connectivity index (χ3n) is 2.75. The van der Waals surface area contributed by atoms with Gasteiger partial charge in [0.2, 0.25) is 0 Å². The third kappa shape index (κ3) is 3.05. The van der Waals surface area contributed by atoms with Gasteiger partial charge in [0.05, 0.1) is 6.20 Å². The summed E-state index contributed by atoms with van der Waals surface area (Å²) in [5.74, 6) is 0.423. The number of benzene rings is 1. The van der Waals surface area contributed by atoms with Crippen LogP contribution in [0.1, 0.15) is 11.1 Å². The minimum absolute atomic E-state index is 0.322. The zero-order chi connectivity index (χ0) is 13.0. The maximum atomic E-state index is 12.8. The Balaban J connectivity index is 2.10. The second-order valence-electron chi connectivity index (χ2n) is 4.21. The number of halogens is 1. The average Bonchev–Trinajstić information content (AvgIpc) is 2.39. The lowest BCUT2D eigenvalue weighted by atomic mass is 10.1. The molecule has 0 unspecified atom stereocenters. The number of rotatable bonds is 4. The van der Waals surface area contributed by atoms with Gasteiger partial charge in [-0.1, -0.05) is 24.3 Å². The van der Waals surface area contributed by atoms with Crippen molar-refractivity contribution in [2.24, 2.45) is 5.73 Å². The minimum atomic E-state index is -0.322. The highest BCUT2D eigenvalue weighted by Gasteiger charge is 2.04. The van der Waals surface area contributed by atoms with E-state index in [1.165, 1.54) is 12.3 Å². The van der Waals surface area contributed by atoms with Crippen LogP contribution >= 0.6 is 0 Å². The van der Waals surface area contributed by atoms with Crippen molar-refractivity contribution in [3.05, 3.63) is 59.5 Å². The van der Waals surface area contributed by atoms with E-state index in [1.54, 1.807) is 6.07 Å². The number of pyridine rings is 1. The Kier molecular flexibility index (Phi) is 3.89. The molecule has 3 nitrogen and oxygen atoms in total. The van der Waals surface area contributed by atoms with Crippen molar-refractivity contribution in [1.29, 1.82) is 0 Å². The van der Waals surface area contributed by atoms with Crippen LogP contribution in [0, 0.1) is 5.82 Å². The molecule has 2 rings (SSSR count). The van der Waals surface area contributed by atoms with Crippen molar-refractivity contribution in [2.45, 2.75) is 13.1 Å². The normalized spacial score (nSPS) is 10.4. The van der Waals surface area contributed by atoms with Crippen LogP contribution in [0.2, 0.25) is 0 Å². The molecule has 0 spiro atoms. The molecule has 0 atom stereocenters. The fourth-order valence-electron chi connectivity index (χ4n) is 1.80. The molecule has 18 heavy (non-hydrogen) atoms. The van der Waals surface area contributed by atoms with Crippen molar-refractivity contribution < 1.29 is 4.39 Å². The van der Waals surface area contributed by atoms with Gasteiger partial charge >= 0.3 is 0 Å². The van der Waals surface area contributed by atoms with Crippen LogP contribution in [0.3, 0.4) is 0 Å². The molecule has 1 heterocycles. The van der Waals surface area contributed by atoms with Crippen LogP contribution in [-0.2, 0) is 13.1 Å². The van der Waals surface area contributed by atoms with E-state index in [-0.39, 0.29) is 5.82 Å². The highest BCUT2D eigenvalue weighted by atomic mass is 19.1. The minimum Gasteiger partial charge on any atom is -0.355 e. The lowest BCUT2D eigenvalue weighted by Crippen LogP contribution is -2.17. The van der Waals surface area contributed by atoms with Crippen LogP contribution < -0.4 is 10.6 Å². The molecule has 0 aliphatic rings. The first-order chi connectivity index (χ1) is 8.69. The molecule has 0 radical (unpaired) electrons. The Morgan fingerprint density at radius 1 is 1.22 bits per heavy atom. The molecule has 0 aliphatic carbocycles. The molecule has 2 N–H and O–H groups in total. The third-order valence-corrected chi connectivity index (χ3v) is 2.75. The van der Waals surface area contributed by atoms with Crippen LogP contribution in [0.25, 0.3) is 0 Å². The van der Waals surface area contributed by atoms with Crippen molar-refractivity contribution in [3.63, 3.8) is 0 Å². The molecular formula is C14H16FN3. The van der Waals surface area contributed by atoms with Crippen molar-refractivity contribution in [2.75, 3.05) is 11.9 Å². The van der Waals surface area contributed by atoms with Crippen LogP contribution in [-0.4, -0.2) is 12.0 Å². The fourth-order valence-corrected chi connectivity index (χ4v) is 1.80. The summed E-state index contributed by atoms with van der Waals surface area (Å²) >= 11 is 0. The molecule has 4 heteroatoms. The Morgan fingerprint density at radius 3 is 2.67 bits per heavy atom. The van der Waals surface area contributed by atoms with Gasteiger partial charge in [-0.05, 0) is 23.3 Å². The monoisotopic (exact) mass is 245 g/mol. The molecule has 0 amide bonds. The van der Waals surface area contributed by atoms with E-state index in [1.807, 2.05) is 30.1 Å². The maximum absolute atomic E-state index is 12.8. The van der Waals surface area contributed by atoms with Crippen molar-refractivity contribution in [3.8, 4) is 0 Å². The lowest BCUT2D eigenvalue weighted by Gasteiger charge is -2.18. The predicted molar refractivity (Wildman–Crippen MR) is 70.6 cm³/mol. The van der Waals surface area contributed by atoms with Gasteiger partial charge in [-0.3, -0.25) is 0 Å². The maximum Gasteiger partial charge on any atom is 0.141 e. The summed E-state index contributed by atoms with van der Waals surface area (Å²) < 4.78 is 12.8. The summed E-state index contributed by atoms with van der Waals surface area (Å²) in [6.45, 7) is 1.25. The van der Waals surface area contributed by atoms with Crippen molar-refractivity contribution >= 4 is 5.82 Å². The fraction of sp³-hybridized carbons (Fsp3) is 0.214. The van der Waals surface area contributed by atoms with Crippen molar-refractivity contribution in [1.82, 2.24) is 4.98 Å². The quantitative estimate of drug-likeness (QED) is 0.898. The van der Waals surface area contributed by atoms with E-state index in [2.05, 4.69) is 11.1 Å². The first-order valence-corrected chi connectivity index (χ1v) is 5.79. The van der Waals surface area contributed by atoms with Gasteiger partial charge in [-0.15, -0.1) is 0 Å². The second-order valence-corrected chi connectivity index (χ2v) is 4.21. The van der Waals surface area contributed by atoms with E-state index < -0.39 is 0 Å². The molecule has 0 saturated heterocycles. The van der Waals surface area contributed by atoms with E-state index >= 15 is 0 Å². The first kappa shape index (κ1) is 12.5. The number of nitrogens with zero attached hydrogens (tertiary/aromatic N) is 2. The zero-order valence-electron chi connectivity index (χ0n) is 10.3. The molecule has 1 aromatic heterocycles. The molecule has 2 aromatic rings. The number of anilines is 1. The SMILES string of the molecule is CN(Cc1cccc(CN)c1)c1ccc(F)cn1. The smallest absolute Gasteiger partial charge is 0.141 e. The average molecular weight is 245 g/mol. The molecule has 94 valence electrons. The van der Waals surface area contributed by atoms with Gasteiger partial charge in [0.25, 0.3) is 0 Å². The molecule has 0 aliphatic heterocycles. The molecule has 0 bridgehead atoms. The molecule has 1 aromatic carbocycles. The summed E-state index contributed by atoms with van der Waals surface area (Å²) in [5, 5.41) is 0. The van der Waals surface area contributed by atoms with Gasteiger partial charge in [-0.2, -0.15) is 0 Å². The first-order valence-electron chi connectivity index (χ1n) is 5.79. The predicted octanol–water partition coefficient (Wildman–Crippen LogP) is 2.32. The van der Waals surface area contributed by atoms with E-state index in [4.69, 9.17) is 5.73 Å². The largest absolute Gasteiger partial charge is 0.355 e. The standard InChI is InChI=1S/C14H16FN3/c1-18(14-6-5-13(15)9-17-14)10-12-4-2-3-11(7-12)8-16/h2-7,9H,8,10,16H2,1H3. The number of hydrogen-bond acceptors (Lipinski definition) is 3. The molecular weight excluding hydrogens is 229 g/mol. The molecule has 0 saturated carbocycles. The second kappa shape index (κ2) is 5.60. The number of hydrogen-bond donors (Lipinski definition) is 1. The highest BCUT2D eigenvalue weighted by molar-refractivity contribution is 5.38. The highest BCUT2D eigenvalue weighted by Crippen LogP contribution is 2.13. The van der Waals surface area contributed by atoms with Gasteiger partial charge in [0, 0.05) is 20.1 Å². The van der Waals surface area contributed by atoms with Gasteiger partial charge in [0.1, 0.15) is 11.6 Å². The topological polar surface area (TPSA) is 42.1 Å². The summed E-state index contributed by atoms with van der Waals surface area (Å²) in [4.78, 5) is 6.01. The number of nitrogens with two attached hydrogens (primary N) is 1. The Bertz CT molecular complexity index is 511.